The van der Waals surface area contributed by atoms with E-state index in [-0.39, 0.29) is 18.0 Å². The smallest absolute Gasteiger partial charge is 0.338 e. The molecule has 1 unspecified atom stereocenters. The van der Waals surface area contributed by atoms with Gasteiger partial charge >= 0.3 is 5.97 Å². The zero-order valence-electron chi connectivity index (χ0n) is 15.0. The number of hydrogen-bond acceptors (Lipinski definition) is 6. The molecule has 0 spiro atoms. The van der Waals surface area contributed by atoms with Crippen LogP contribution in [0.5, 0.6) is 5.75 Å². The second-order valence-electron chi connectivity index (χ2n) is 5.96. The summed E-state index contributed by atoms with van der Waals surface area (Å²) in [4.78, 5) is 38.2. The Balaban J connectivity index is 1.73. The fourth-order valence-electron chi connectivity index (χ4n) is 2.77. The molecule has 0 saturated carbocycles. The summed E-state index contributed by atoms with van der Waals surface area (Å²) in [5, 5.41) is 11.4. The van der Waals surface area contributed by atoms with Crippen LogP contribution >= 0.6 is 0 Å². The first-order valence-electron chi connectivity index (χ1n) is 8.48. The van der Waals surface area contributed by atoms with E-state index >= 15 is 0 Å². The van der Waals surface area contributed by atoms with Gasteiger partial charge in [0.1, 0.15) is 5.75 Å². The van der Waals surface area contributed by atoms with Crippen molar-refractivity contribution in [2.24, 2.45) is 0 Å². The maximum Gasteiger partial charge on any atom is 0.338 e. The third-order valence-electron chi connectivity index (χ3n) is 4.17. The predicted molar refractivity (Wildman–Crippen MR) is 98.7 cm³/mol. The normalized spacial score (nSPS) is 14.9. The van der Waals surface area contributed by atoms with Gasteiger partial charge in [-0.2, -0.15) is 5.26 Å². The van der Waals surface area contributed by atoms with E-state index in [4.69, 9.17) is 14.7 Å². The maximum atomic E-state index is 12.7. The van der Waals surface area contributed by atoms with Crippen molar-refractivity contribution >= 4 is 23.5 Å². The van der Waals surface area contributed by atoms with E-state index in [1.807, 2.05) is 6.07 Å². The molecule has 0 aliphatic carbocycles. The summed E-state index contributed by atoms with van der Waals surface area (Å²) in [5.74, 6) is -1.18. The van der Waals surface area contributed by atoms with Gasteiger partial charge in [-0.05, 0) is 30.3 Å². The average molecular weight is 379 g/mol. The second kappa shape index (κ2) is 8.22. The molecular weight excluding hydrogens is 362 g/mol. The summed E-state index contributed by atoms with van der Waals surface area (Å²) in [5.41, 5.74) is 0.990. The number of para-hydroxylation sites is 2. The van der Waals surface area contributed by atoms with E-state index < -0.39 is 24.6 Å². The molecule has 0 saturated heterocycles. The number of nitriles is 1. The minimum absolute atomic E-state index is 0.00299. The van der Waals surface area contributed by atoms with Crippen LogP contribution in [0.1, 0.15) is 15.9 Å². The number of esters is 1. The van der Waals surface area contributed by atoms with Gasteiger partial charge in [0.25, 0.3) is 11.8 Å². The van der Waals surface area contributed by atoms with Gasteiger partial charge < -0.3 is 19.7 Å². The number of anilines is 1. The summed E-state index contributed by atoms with van der Waals surface area (Å²) < 4.78 is 10.7. The van der Waals surface area contributed by atoms with Crippen molar-refractivity contribution < 1.29 is 23.9 Å². The SMILES string of the molecule is CNC(=O)C1CN(C(=O)COC(=O)c2cccc(C#N)c2)c2ccccc2O1. The van der Waals surface area contributed by atoms with Crippen molar-refractivity contribution in [2.75, 3.05) is 25.1 Å². The highest BCUT2D eigenvalue weighted by molar-refractivity contribution is 5.99. The lowest BCUT2D eigenvalue weighted by Crippen LogP contribution is -2.51. The van der Waals surface area contributed by atoms with Gasteiger partial charge in [-0.1, -0.05) is 18.2 Å². The first-order valence-corrected chi connectivity index (χ1v) is 8.48. The largest absolute Gasteiger partial charge is 0.477 e. The first kappa shape index (κ1) is 18.9. The van der Waals surface area contributed by atoms with Gasteiger partial charge in [0.2, 0.25) is 0 Å². The van der Waals surface area contributed by atoms with E-state index in [2.05, 4.69) is 5.32 Å². The van der Waals surface area contributed by atoms with Gasteiger partial charge in [0.05, 0.1) is 29.4 Å². The molecule has 142 valence electrons. The van der Waals surface area contributed by atoms with Crippen LogP contribution in [0.15, 0.2) is 48.5 Å². The molecule has 0 bridgehead atoms. The number of rotatable bonds is 4. The standard InChI is InChI=1S/C20H17N3O5/c1-22-19(25)17-11-23(15-7-2-3-8-16(15)28-17)18(24)12-27-20(26)14-6-4-5-13(9-14)10-21/h2-9,17H,11-12H2,1H3,(H,22,25). The quantitative estimate of drug-likeness (QED) is 0.801. The lowest BCUT2D eigenvalue weighted by atomic mass is 10.1. The Morgan fingerprint density at radius 2 is 2.04 bits per heavy atom. The Labute approximate surface area is 161 Å². The minimum atomic E-state index is -0.869. The topological polar surface area (TPSA) is 109 Å². The molecule has 3 rings (SSSR count). The van der Waals surface area contributed by atoms with Crippen LogP contribution < -0.4 is 15.0 Å². The minimum Gasteiger partial charge on any atom is -0.477 e. The van der Waals surface area contributed by atoms with Crippen molar-refractivity contribution in [3.8, 4) is 11.8 Å². The predicted octanol–water partition coefficient (Wildman–Crippen LogP) is 1.26. The number of ether oxygens (including phenoxy) is 2. The lowest BCUT2D eigenvalue weighted by Gasteiger charge is -2.33. The Bertz CT molecular complexity index is 966. The van der Waals surface area contributed by atoms with Crippen LogP contribution in [-0.4, -0.2) is 44.1 Å². The number of benzene rings is 2. The van der Waals surface area contributed by atoms with E-state index in [0.717, 1.165) is 0 Å². The van der Waals surface area contributed by atoms with E-state index in [9.17, 15) is 14.4 Å². The summed E-state index contributed by atoms with van der Waals surface area (Å²) >= 11 is 0. The third-order valence-corrected chi connectivity index (χ3v) is 4.17. The first-order chi connectivity index (χ1) is 13.5. The van der Waals surface area contributed by atoms with E-state index in [0.29, 0.717) is 17.0 Å². The van der Waals surface area contributed by atoms with Crippen LogP contribution in [0, 0.1) is 11.3 Å². The molecule has 28 heavy (non-hydrogen) atoms. The number of fused-ring (bicyclic) bond motifs is 1. The molecule has 0 radical (unpaired) electrons. The van der Waals surface area contributed by atoms with Crippen LogP contribution in [0.2, 0.25) is 0 Å². The summed E-state index contributed by atoms with van der Waals surface area (Å²) in [6.07, 6.45) is -0.869. The number of nitrogens with one attached hydrogen (secondary N) is 1. The Morgan fingerprint density at radius 1 is 1.25 bits per heavy atom. The van der Waals surface area contributed by atoms with Crippen LogP contribution in [0.3, 0.4) is 0 Å². The van der Waals surface area contributed by atoms with E-state index in [1.165, 1.54) is 24.1 Å². The number of nitrogens with zero attached hydrogens (tertiary/aromatic N) is 2. The average Bonchev–Trinajstić information content (AvgIpc) is 2.75. The molecule has 1 heterocycles. The van der Waals surface area contributed by atoms with Gasteiger partial charge in [-0.25, -0.2) is 4.79 Å². The highest BCUT2D eigenvalue weighted by Crippen LogP contribution is 2.33. The molecule has 1 N–H and O–H groups in total. The van der Waals surface area contributed by atoms with Crippen LogP contribution in [-0.2, 0) is 14.3 Å². The summed E-state index contributed by atoms with van der Waals surface area (Å²) in [7, 11) is 1.48. The molecule has 1 aliphatic rings. The maximum absolute atomic E-state index is 12.7. The Kier molecular flexibility index (Phi) is 5.56. The highest BCUT2D eigenvalue weighted by Gasteiger charge is 2.33. The monoisotopic (exact) mass is 379 g/mol. The molecular formula is C20H17N3O5. The lowest BCUT2D eigenvalue weighted by molar-refractivity contribution is -0.128. The Morgan fingerprint density at radius 3 is 2.79 bits per heavy atom. The number of amides is 2. The number of hydrogen-bond donors (Lipinski definition) is 1. The highest BCUT2D eigenvalue weighted by atomic mass is 16.5. The molecule has 8 heteroatoms. The fraction of sp³-hybridized carbons (Fsp3) is 0.200. The van der Waals surface area contributed by atoms with Crippen LogP contribution in [0.4, 0.5) is 5.69 Å². The molecule has 2 aromatic carbocycles. The molecule has 0 fully saturated rings. The van der Waals surface area contributed by atoms with Crippen molar-refractivity contribution in [1.29, 1.82) is 5.26 Å². The second-order valence-corrected chi connectivity index (χ2v) is 5.96. The van der Waals surface area contributed by atoms with Gasteiger partial charge in [0.15, 0.2) is 12.7 Å². The molecule has 1 aliphatic heterocycles. The number of carbonyl (C=O) groups excluding carboxylic acids is 3. The van der Waals surface area contributed by atoms with Crippen molar-refractivity contribution in [2.45, 2.75) is 6.10 Å². The fourth-order valence-corrected chi connectivity index (χ4v) is 2.77. The van der Waals surface area contributed by atoms with E-state index in [1.54, 1.807) is 36.4 Å². The van der Waals surface area contributed by atoms with Crippen molar-refractivity contribution in [3.63, 3.8) is 0 Å². The molecule has 0 aromatic heterocycles. The molecule has 2 amide bonds. The van der Waals surface area contributed by atoms with Crippen molar-refractivity contribution in [1.82, 2.24) is 5.32 Å². The zero-order chi connectivity index (χ0) is 20.1. The number of carbonyl (C=O) groups is 3. The molecule has 1 atom stereocenters. The summed E-state index contributed by atoms with van der Waals surface area (Å²) in [6, 6.07) is 14.8. The zero-order valence-corrected chi connectivity index (χ0v) is 15.0. The van der Waals surface area contributed by atoms with Crippen LogP contribution in [0.25, 0.3) is 0 Å². The Hall–Kier alpha value is -3.86. The number of likely N-dealkylation sites (N-methyl/N-ethyl adjacent to an activating group) is 1. The van der Waals surface area contributed by atoms with Gasteiger partial charge in [-0.3, -0.25) is 9.59 Å². The molecule has 2 aromatic rings. The summed E-state index contributed by atoms with van der Waals surface area (Å²) in [6.45, 7) is -0.512. The molecule has 8 nitrogen and oxygen atoms in total. The van der Waals surface area contributed by atoms with Gasteiger partial charge in [-0.15, -0.1) is 0 Å². The third kappa shape index (κ3) is 3.94. The van der Waals surface area contributed by atoms with Crippen molar-refractivity contribution in [3.05, 3.63) is 59.7 Å². The van der Waals surface area contributed by atoms with Gasteiger partial charge in [0, 0.05) is 7.05 Å².